The number of carboxylic acids is 1. The van der Waals surface area contributed by atoms with Crippen molar-refractivity contribution in [1.29, 1.82) is 0 Å². The third-order valence-electron chi connectivity index (χ3n) is 4.28. The van der Waals surface area contributed by atoms with Gasteiger partial charge in [-0.05, 0) is 37.1 Å². The zero-order valence-electron chi connectivity index (χ0n) is 17.5. The number of aliphatic hydroxyl groups excluding tert-OH is 2. The van der Waals surface area contributed by atoms with Gasteiger partial charge in [0.2, 0.25) is 0 Å². The maximum absolute atomic E-state index is 10.4. The summed E-state index contributed by atoms with van der Waals surface area (Å²) >= 11 is 0. The first kappa shape index (κ1) is 27.7. The maximum Gasteiger partial charge on any atom is 0.335 e. The highest BCUT2D eigenvalue weighted by atomic mass is 32.2. The van der Waals surface area contributed by atoms with Crippen molar-refractivity contribution < 1.29 is 33.1 Å². The van der Waals surface area contributed by atoms with Crippen molar-refractivity contribution in [2.24, 2.45) is 5.92 Å². The number of carbonyl (C=O) groups is 1. The smallest absolute Gasteiger partial charge is 0.335 e. The lowest BCUT2D eigenvalue weighted by atomic mass is 9.94. The molecule has 0 aliphatic heterocycles. The molecular weight excluding hydrogens is 408 g/mol. The van der Waals surface area contributed by atoms with Crippen LogP contribution in [0.3, 0.4) is 0 Å². The van der Waals surface area contributed by atoms with Gasteiger partial charge in [0.15, 0.2) is 0 Å². The summed E-state index contributed by atoms with van der Waals surface area (Å²) in [4.78, 5) is 10.1. The van der Waals surface area contributed by atoms with Crippen LogP contribution < -0.4 is 0 Å². The molecule has 0 aromatic heterocycles. The lowest BCUT2D eigenvalue weighted by molar-refractivity contribution is 0.0159. The van der Waals surface area contributed by atoms with E-state index in [4.69, 9.17) is 9.66 Å². The Bertz CT molecular complexity index is 808. The van der Waals surface area contributed by atoms with Crippen LogP contribution in [0.4, 0.5) is 0 Å². The summed E-state index contributed by atoms with van der Waals surface area (Å²) < 4.78 is 29.2. The Balaban J connectivity index is 0.000000422. The maximum atomic E-state index is 10.4. The Kier molecular flexibility index (Phi) is 13.6. The van der Waals surface area contributed by atoms with Gasteiger partial charge in [0.05, 0.1) is 22.7 Å². The van der Waals surface area contributed by atoms with Gasteiger partial charge < -0.3 is 15.3 Å². The summed E-state index contributed by atoms with van der Waals surface area (Å²) in [7, 11) is -4.00. The predicted octanol–water partition coefficient (Wildman–Crippen LogP) is 3.87. The Morgan fingerprint density at radius 1 is 0.900 bits per heavy atom. The molecule has 168 valence electrons. The molecule has 4 N–H and O–H groups in total. The van der Waals surface area contributed by atoms with Crippen molar-refractivity contribution in [1.82, 2.24) is 0 Å². The van der Waals surface area contributed by atoms with Crippen LogP contribution in [-0.2, 0) is 10.1 Å². The molecule has 0 saturated carbocycles. The molecule has 0 heterocycles. The van der Waals surface area contributed by atoms with Crippen LogP contribution in [0, 0.1) is 5.92 Å². The van der Waals surface area contributed by atoms with Gasteiger partial charge in [0.25, 0.3) is 10.1 Å². The summed E-state index contributed by atoms with van der Waals surface area (Å²) in [6.07, 6.45) is 1.80. The lowest BCUT2D eigenvalue weighted by Gasteiger charge is -2.22. The third-order valence-corrected chi connectivity index (χ3v) is 5.15. The first-order chi connectivity index (χ1) is 14.0. The highest BCUT2D eigenvalue weighted by Crippen LogP contribution is 2.15. The summed E-state index contributed by atoms with van der Waals surface area (Å²) in [6, 6.07) is 15.7. The fourth-order valence-electron chi connectivity index (χ4n) is 2.36. The van der Waals surface area contributed by atoms with Crippen LogP contribution in [0.1, 0.15) is 50.4 Å². The zero-order valence-corrected chi connectivity index (χ0v) is 18.4. The van der Waals surface area contributed by atoms with Crippen molar-refractivity contribution >= 4 is 16.1 Å². The van der Waals surface area contributed by atoms with Crippen molar-refractivity contribution in [3.63, 3.8) is 0 Å². The molecule has 0 radical (unpaired) electrons. The number of benzene rings is 2. The average Bonchev–Trinajstić information content (AvgIpc) is 2.74. The second kappa shape index (κ2) is 14.7. The first-order valence-electron chi connectivity index (χ1n) is 9.71. The van der Waals surface area contributed by atoms with Crippen LogP contribution in [0.2, 0.25) is 0 Å². The van der Waals surface area contributed by atoms with Crippen molar-refractivity contribution in [3.8, 4) is 0 Å². The monoisotopic (exact) mass is 440 g/mol. The number of aliphatic hydroxyl groups is 2. The summed E-state index contributed by atoms with van der Waals surface area (Å²) in [5, 5.41) is 27.2. The molecule has 2 aromatic rings. The molecule has 7 nitrogen and oxygen atoms in total. The average molecular weight is 441 g/mol. The van der Waals surface area contributed by atoms with Gasteiger partial charge in [-0.3, -0.25) is 4.55 Å². The van der Waals surface area contributed by atoms with Crippen molar-refractivity contribution in [2.75, 3.05) is 0 Å². The highest BCUT2D eigenvalue weighted by molar-refractivity contribution is 7.85. The summed E-state index contributed by atoms with van der Waals surface area (Å²) in [5.41, 5.74) is 0.331. The van der Waals surface area contributed by atoms with Crippen LogP contribution >= 0.6 is 0 Å². The molecule has 8 heteroatoms. The van der Waals surface area contributed by atoms with Gasteiger partial charge in [-0.2, -0.15) is 8.42 Å². The number of hydrogen-bond acceptors (Lipinski definition) is 5. The second-order valence-electron chi connectivity index (χ2n) is 6.65. The Morgan fingerprint density at radius 2 is 1.37 bits per heavy atom. The summed E-state index contributed by atoms with van der Waals surface area (Å²) in [6.45, 7) is 5.86. The topological polar surface area (TPSA) is 132 Å². The first-order valence-corrected chi connectivity index (χ1v) is 11.2. The van der Waals surface area contributed by atoms with E-state index >= 15 is 0 Å². The molecule has 0 saturated heterocycles. The Labute approximate surface area is 178 Å². The highest BCUT2D eigenvalue weighted by Gasteiger charge is 2.19. The predicted molar refractivity (Wildman–Crippen MR) is 116 cm³/mol. The molecule has 2 aromatic carbocycles. The fraction of sp³-hybridized carbons (Fsp3) is 0.409. The van der Waals surface area contributed by atoms with Gasteiger partial charge in [-0.15, -0.1) is 0 Å². The Hall–Kier alpha value is -2.26. The minimum Gasteiger partial charge on any atom is -0.478 e. The van der Waals surface area contributed by atoms with E-state index in [1.807, 2.05) is 20.8 Å². The second-order valence-corrected chi connectivity index (χ2v) is 8.07. The molecule has 0 spiro atoms. The number of hydrogen-bond donors (Lipinski definition) is 4. The van der Waals surface area contributed by atoms with Crippen molar-refractivity contribution in [2.45, 2.75) is 57.1 Å². The molecule has 0 amide bonds. The largest absolute Gasteiger partial charge is 0.478 e. The van der Waals surface area contributed by atoms with E-state index in [9.17, 15) is 23.4 Å². The molecule has 0 fully saturated rings. The van der Waals surface area contributed by atoms with Gasteiger partial charge in [0, 0.05) is 5.92 Å². The minimum atomic E-state index is -4.00. The van der Waals surface area contributed by atoms with Crippen LogP contribution in [-0.4, -0.2) is 46.5 Å². The van der Waals surface area contributed by atoms with Crippen LogP contribution in [0.5, 0.6) is 0 Å². The standard InChI is InChI=1S/C9H20O2.C7H6O2.C6H6O3S/c1-4-6-9(11)7(3)8(10)5-2;8-7(9)6-4-2-1-3-5-6;7-10(8,9)6-4-2-1-3-5-6/h7-11H,4-6H2,1-3H3;1-5H,(H,8,9);1-5H,(H,7,8,9). The third kappa shape index (κ3) is 11.7. The van der Waals surface area contributed by atoms with Crippen LogP contribution in [0.25, 0.3) is 0 Å². The molecular formula is C22H32O7S. The quantitative estimate of drug-likeness (QED) is 0.480. The van der Waals surface area contributed by atoms with E-state index in [1.165, 1.54) is 12.1 Å². The number of aromatic carboxylic acids is 1. The van der Waals surface area contributed by atoms with Gasteiger partial charge >= 0.3 is 5.97 Å². The Morgan fingerprint density at radius 3 is 1.67 bits per heavy atom. The molecule has 30 heavy (non-hydrogen) atoms. The number of carboxylic acid groups (broad SMARTS) is 1. The molecule has 2 rings (SSSR count). The van der Waals surface area contributed by atoms with Gasteiger partial charge in [-0.1, -0.05) is 63.6 Å². The van der Waals surface area contributed by atoms with E-state index < -0.39 is 16.1 Å². The van der Waals surface area contributed by atoms with Gasteiger partial charge in [-0.25, -0.2) is 4.79 Å². The normalized spacial score (nSPS) is 13.5. The molecule has 0 bridgehead atoms. The van der Waals surface area contributed by atoms with E-state index in [2.05, 4.69) is 0 Å². The van der Waals surface area contributed by atoms with E-state index in [0.717, 1.165) is 19.3 Å². The zero-order chi connectivity index (χ0) is 23.2. The van der Waals surface area contributed by atoms with E-state index in [1.54, 1.807) is 48.5 Å². The number of rotatable bonds is 7. The molecule has 3 atom stereocenters. The molecule has 0 aliphatic carbocycles. The molecule has 0 aliphatic rings. The van der Waals surface area contributed by atoms with Crippen molar-refractivity contribution in [3.05, 3.63) is 66.2 Å². The lowest BCUT2D eigenvalue weighted by Crippen LogP contribution is -2.28. The SMILES string of the molecule is CCCC(O)C(C)C(O)CC.O=C(O)c1ccccc1.O=S(=O)(O)c1ccccc1. The van der Waals surface area contributed by atoms with E-state index in [-0.39, 0.29) is 23.0 Å². The molecule has 3 unspecified atom stereocenters. The summed E-state index contributed by atoms with van der Waals surface area (Å²) in [5.74, 6) is -0.865. The van der Waals surface area contributed by atoms with Crippen LogP contribution in [0.15, 0.2) is 65.6 Å². The van der Waals surface area contributed by atoms with E-state index in [0.29, 0.717) is 5.56 Å². The van der Waals surface area contributed by atoms with Gasteiger partial charge in [0.1, 0.15) is 0 Å². The minimum absolute atomic E-state index is 0.0138. The fourth-order valence-corrected chi connectivity index (χ4v) is 2.86.